The second-order valence-corrected chi connectivity index (χ2v) is 6.54. The molecule has 4 nitrogen and oxygen atoms in total. The van der Waals surface area contributed by atoms with E-state index in [4.69, 9.17) is 0 Å². The van der Waals surface area contributed by atoms with Crippen molar-refractivity contribution >= 4 is 16.9 Å². The predicted molar refractivity (Wildman–Crippen MR) is 102 cm³/mol. The molecule has 0 bridgehead atoms. The topological polar surface area (TPSA) is 48.3 Å². The molecule has 0 aliphatic carbocycles. The molecular formula is C21H29NO3. The van der Waals surface area contributed by atoms with Crippen molar-refractivity contribution in [3.63, 3.8) is 0 Å². The Morgan fingerprint density at radius 3 is 2.24 bits per heavy atom. The Hall–Kier alpha value is -2.10. The number of esters is 1. The van der Waals surface area contributed by atoms with Gasteiger partial charge >= 0.3 is 5.97 Å². The van der Waals surface area contributed by atoms with Gasteiger partial charge in [-0.3, -0.25) is 9.59 Å². The number of unbranched alkanes of at least 4 members (excludes halogenated alkanes) is 7. The van der Waals surface area contributed by atoms with Crippen molar-refractivity contribution in [3.8, 4) is 0 Å². The van der Waals surface area contributed by atoms with Crippen molar-refractivity contribution < 1.29 is 9.53 Å². The molecular weight excluding hydrogens is 314 g/mol. The van der Waals surface area contributed by atoms with Crippen molar-refractivity contribution in [2.45, 2.75) is 64.3 Å². The van der Waals surface area contributed by atoms with E-state index in [9.17, 15) is 9.59 Å². The van der Waals surface area contributed by atoms with Gasteiger partial charge in [-0.2, -0.15) is 0 Å². The molecule has 0 atom stereocenters. The molecule has 136 valence electrons. The first kappa shape index (κ1) is 19.2. The Bertz CT molecular complexity index is 720. The van der Waals surface area contributed by atoms with Crippen LogP contribution in [0.25, 0.3) is 10.9 Å². The summed E-state index contributed by atoms with van der Waals surface area (Å²) in [5.74, 6) is -0.108. The summed E-state index contributed by atoms with van der Waals surface area (Å²) in [7, 11) is 1.44. The number of nitrogens with zero attached hydrogens (tertiary/aromatic N) is 1. The van der Waals surface area contributed by atoms with Gasteiger partial charge in [-0.1, -0.05) is 56.7 Å². The van der Waals surface area contributed by atoms with Gasteiger partial charge < -0.3 is 9.30 Å². The molecule has 25 heavy (non-hydrogen) atoms. The minimum Gasteiger partial charge on any atom is -0.469 e. The fraction of sp³-hybridized carbons (Fsp3) is 0.524. The van der Waals surface area contributed by atoms with Gasteiger partial charge in [0, 0.05) is 19.0 Å². The number of fused-ring (bicyclic) bond motifs is 1. The number of carbonyl (C=O) groups is 1. The average molecular weight is 343 g/mol. The van der Waals surface area contributed by atoms with Crippen molar-refractivity contribution in [1.29, 1.82) is 0 Å². The molecule has 1 aromatic heterocycles. The third-order valence-electron chi connectivity index (χ3n) is 4.64. The smallest absolute Gasteiger partial charge is 0.305 e. The third-order valence-corrected chi connectivity index (χ3v) is 4.64. The number of aromatic nitrogens is 1. The molecule has 0 N–H and O–H groups in total. The number of methoxy groups -OCH3 is 1. The van der Waals surface area contributed by atoms with Gasteiger partial charge in [0.25, 0.3) is 5.56 Å². The highest BCUT2D eigenvalue weighted by Gasteiger charge is 2.02. The molecule has 0 aliphatic rings. The molecule has 4 heteroatoms. The van der Waals surface area contributed by atoms with Crippen LogP contribution in [0.1, 0.15) is 57.8 Å². The molecule has 0 saturated heterocycles. The summed E-state index contributed by atoms with van der Waals surface area (Å²) >= 11 is 0. The lowest BCUT2D eigenvalue weighted by Crippen LogP contribution is -2.19. The molecule has 0 spiro atoms. The molecule has 1 heterocycles. The summed E-state index contributed by atoms with van der Waals surface area (Å²) < 4.78 is 6.52. The average Bonchev–Trinajstić information content (AvgIpc) is 2.64. The predicted octanol–water partition coefficient (Wildman–Crippen LogP) is 4.69. The summed E-state index contributed by atoms with van der Waals surface area (Å²) in [6.07, 6.45) is 9.58. The number of carbonyl (C=O) groups excluding carboxylic acids is 1. The molecule has 2 aromatic rings. The summed E-state index contributed by atoms with van der Waals surface area (Å²) in [6.45, 7) is 0.791. The van der Waals surface area contributed by atoms with E-state index < -0.39 is 0 Å². The zero-order chi connectivity index (χ0) is 17.9. The number of pyridine rings is 1. The second kappa shape index (κ2) is 10.7. The van der Waals surface area contributed by atoms with Gasteiger partial charge in [-0.25, -0.2) is 0 Å². The zero-order valence-corrected chi connectivity index (χ0v) is 15.2. The maximum absolute atomic E-state index is 12.1. The summed E-state index contributed by atoms with van der Waals surface area (Å²) in [4.78, 5) is 23.1. The molecule has 0 unspecified atom stereocenters. The van der Waals surface area contributed by atoms with Crippen LogP contribution in [0, 0.1) is 0 Å². The highest BCUT2D eigenvalue weighted by Crippen LogP contribution is 2.13. The quantitative estimate of drug-likeness (QED) is 0.439. The normalized spacial score (nSPS) is 10.9. The minimum atomic E-state index is -0.108. The number of ether oxygens (including phenoxy) is 1. The van der Waals surface area contributed by atoms with Gasteiger partial charge in [-0.15, -0.1) is 0 Å². The van der Waals surface area contributed by atoms with Crippen molar-refractivity contribution in [3.05, 3.63) is 46.8 Å². The molecule has 0 aliphatic heterocycles. The van der Waals surface area contributed by atoms with Crippen LogP contribution in [0.15, 0.2) is 41.2 Å². The Morgan fingerprint density at radius 2 is 1.52 bits per heavy atom. The lowest BCUT2D eigenvalue weighted by Gasteiger charge is -2.09. The lowest BCUT2D eigenvalue weighted by molar-refractivity contribution is -0.140. The van der Waals surface area contributed by atoms with Crippen LogP contribution < -0.4 is 5.56 Å². The number of rotatable bonds is 11. The van der Waals surface area contributed by atoms with Crippen molar-refractivity contribution in [2.24, 2.45) is 0 Å². The minimum absolute atomic E-state index is 0.0873. The number of para-hydroxylation sites is 1. The number of benzene rings is 1. The van der Waals surface area contributed by atoms with Crippen LogP contribution in [0.2, 0.25) is 0 Å². The third kappa shape index (κ3) is 6.37. The van der Waals surface area contributed by atoms with Crippen LogP contribution in [0.3, 0.4) is 0 Å². The zero-order valence-electron chi connectivity index (χ0n) is 15.2. The fourth-order valence-corrected chi connectivity index (χ4v) is 3.18. The van der Waals surface area contributed by atoms with Crippen LogP contribution >= 0.6 is 0 Å². The molecule has 0 fully saturated rings. The number of hydrogen-bond acceptors (Lipinski definition) is 3. The summed E-state index contributed by atoms with van der Waals surface area (Å²) in [5, 5.41) is 1.12. The van der Waals surface area contributed by atoms with Crippen molar-refractivity contribution in [2.75, 3.05) is 7.11 Å². The molecule has 0 radical (unpaired) electrons. The summed E-state index contributed by atoms with van der Waals surface area (Å²) in [6, 6.07) is 11.6. The number of aryl methyl sites for hydroxylation is 1. The number of hydrogen-bond donors (Lipinski definition) is 0. The van der Waals surface area contributed by atoms with Gasteiger partial charge in [-0.05, 0) is 30.4 Å². The largest absolute Gasteiger partial charge is 0.469 e. The summed E-state index contributed by atoms with van der Waals surface area (Å²) in [5.41, 5.74) is 1.12. The Labute approximate surface area is 149 Å². The van der Waals surface area contributed by atoms with Crippen LogP contribution in [-0.4, -0.2) is 17.6 Å². The van der Waals surface area contributed by atoms with Gasteiger partial charge in [0.05, 0.1) is 12.6 Å². The van der Waals surface area contributed by atoms with Gasteiger partial charge in [0.2, 0.25) is 0 Å². The van der Waals surface area contributed by atoms with E-state index in [0.29, 0.717) is 6.42 Å². The standard InChI is InChI=1S/C21H29NO3/c1-25-21(24)14-8-6-4-2-3-5-7-11-17-22-19-13-10-9-12-18(19)15-16-20(22)23/h9-10,12-13,15-16H,2-8,11,14,17H2,1H3. The maximum atomic E-state index is 12.1. The van der Waals surface area contributed by atoms with Crippen LogP contribution in [-0.2, 0) is 16.1 Å². The highest BCUT2D eigenvalue weighted by atomic mass is 16.5. The fourth-order valence-electron chi connectivity index (χ4n) is 3.18. The van der Waals surface area contributed by atoms with Gasteiger partial charge in [0.1, 0.15) is 0 Å². The highest BCUT2D eigenvalue weighted by molar-refractivity contribution is 5.78. The van der Waals surface area contributed by atoms with Crippen LogP contribution in [0.5, 0.6) is 0 Å². The van der Waals surface area contributed by atoms with E-state index in [1.165, 1.54) is 32.8 Å². The first-order valence-corrected chi connectivity index (χ1v) is 9.38. The monoisotopic (exact) mass is 343 g/mol. The van der Waals surface area contributed by atoms with E-state index in [1.54, 1.807) is 6.07 Å². The Kier molecular flexibility index (Phi) is 8.23. The van der Waals surface area contributed by atoms with Crippen molar-refractivity contribution in [1.82, 2.24) is 4.57 Å². The van der Waals surface area contributed by atoms with E-state index in [0.717, 1.165) is 43.1 Å². The molecule has 2 rings (SSSR count). The molecule has 0 saturated carbocycles. The lowest BCUT2D eigenvalue weighted by atomic mass is 10.1. The van der Waals surface area contributed by atoms with E-state index in [1.807, 2.05) is 34.9 Å². The van der Waals surface area contributed by atoms with Gasteiger partial charge in [0.15, 0.2) is 0 Å². The second-order valence-electron chi connectivity index (χ2n) is 6.54. The first-order valence-electron chi connectivity index (χ1n) is 9.38. The Morgan fingerprint density at radius 1 is 0.880 bits per heavy atom. The first-order chi connectivity index (χ1) is 12.2. The van der Waals surface area contributed by atoms with E-state index >= 15 is 0 Å². The maximum Gasteiger partial charge on any atom is 0.305 e. The van der Waals surface area contributed by atoms with E-state index in [-0.39, 0.29) is 11.5 Å². The van der Waals surface area contributed by atoms with E-state index in [2.05, 4.69) is 4.74 Å². The Balaban J connectivity index is 1.60. The molecule has 0 amide bonds. The van der Waals surface area contributed by atoms with Crippen LogP contribution in [0.4, 0.5) is 0 Å². The molecule has 1 aromatic carbocycles. The SMILES string of the molecule is COC(=O)CCCCCCCCCCn1c(=O)ccc2ccccc21.